The molecular formula is C33H39NO2S. The van der Waals surface area contributed by atoms with Crippen LogP contribution in [0.4, 0.5) is 0 Å². The van der Waals surface area contributed by atoms with E-state index < -0.39 is 5.97 Å². The molecule has 3 aromatic rings. The van der Waals surface area contributed by atoms with E-state index in [9.17, 15) is 9.90 Å². The van der Waals surface area contributed by atoms with Crippen LogP contribution in [0.25, 0.3) is 16.0 Å². The minimum absolute atomic E-state index is 0.506. The van der Waals surface area contributed by atoms with Crippen molar-refractivity contribution in [2.45, 2.75) is 58.3 Å². The topological polar surface area (TPSA) is 40.5 Å². The average molecular weight is 514 g/mol. The van der Waals surface area contributed by atoms with Gasteiger partial charge in [0.2, 0.25) is 0 Å². The highest BCUT2D eigenvalue weighted by Crippen LogP contribution is 2.44. The van der Waals surface area contributed by atoms with Crippen molar-refractivity contribution >= 4 is 22.9 Å². The summed E-state index contributed by atoms with van der Waals surface area (Å²) in [6.45, 7) is 5.41. The molecule has 2 aromatic carbocycles. The van der Waals surface area contributed by atoms with Crippen LogP contribution in [-0.2, 0) is 6.42 Å². The van der Waals surface area contributed by atoms with E-state index in [1.165, 1.54) is 60.2 Å². The number of aryl methyl sites for hydroxylation is 1. The lowest BCUT2D eigenvalue weighted by atomic mass is 9.74. The molecule has 0 radical (unpaired) electrons. The summed E-state index contributed by atoms with van der Waals surface area (Å²) in [5.41, 5.74) is 6.35. The van der Waals surface area contributed by atoms with Crippen molar-refractivity contribution in [2.75, 3.05) is 19.6 Å². The van der Waals surface area contributed by atoms with Crippen LogP contribution in [0.15, 0.2) is 72.3 Å². The summed E-state index contributed by atoms with van der Waals surface area (Å²) in [5, 5.41) is 10.2. The second-order valence-electron chi connectivity index (χ2n) is 10.8. The average Bonchev–Trinajstić information content (AvgIpc) is 3.40. The summed E-state index contributed by atoms with van der Waals surface area (Å²) in [6, 6.07) is 23.2. The van der Waals surface area contributed by atoms with Gasteiger partial charge < -0.3 is 5.11 Å². The van der Waals surface area contributed by atoms with Crippen LogP contribution < -0.4 is 0 Å². The Morgan fingerprint density at radius 2 is 1.70 bits per heavy atom. The molecule has 1 aliphatic heterocycles. The monoisotopic (exact) mass is 513 g/mol. The fraction of sp³-hybridized carbons (Fsp3) is 0.424. The minimum Gasteiger partial charge on any atom is -0.477 e. The number of benzene rings is 2. The second kappa shape index (κ2) is 12.2. The Kier molecular flexibility index (Phi) is 8.58. The zero-order valence-electron chi connectivity index (χ0n) is 22.0. The molecule has 194 valence electrons. The van der Waals surface area contributed by atoms with Gasteiger partial charge in [0.25, 0.3) is 0 Å². The Balaban J connectivity index is 1.42. The predicted octanol–water partition coefficient (Wildman–Crippen LogP) is 8.42. The second-order valence-corrected chi connectivity index (χ2v) is 11.8. The Morgan fingerprint density at radius 1 is 1.00 bits per heavy atom. The lowest BCUT2D eigenvalue weighted by molar-refractivity contribution is 0.0702. The highest BCUT2D eigenvalue weighted by molar-refractivity contribution is 7.17. The van der Waals surface area contributed by atoms with E-state index in [1.54, 1.807) is 0 Å². The van der Waals surface area contributed by atoms with Crippen LogP contribution in [0.1, 0.15) is 72.7 Å². The van der Waals surface area contributed by atoms with E-state index in [1.807, 2.05) is 18.2 Å². The van der Waals surface area contributed by atoms with Crippen LogP contribution in [-0.4, -0.2) is 35.6 Å². The van der Waals surface area contributed by atoms with E-state index in [2.05, 4.69) is 60.4 Å². The first-order valence-electron chi connectivity index (χ1n) is 14.0. The Hall–Kier alpha value is -2.69. The number of carbonyl (C=O) groups is 1. The molecule has 1 saturated carbocycles. The first-order valence-corrected chi connectivity index (χ1v) is 14.8. The maximum absolute atomic E-state index is 12.4. The van der Waals surface area contributed by atoms with E-state index >= 15 is 0 Å². The fourth-order valence-corrected chi connectivity index (χ4v) is 7.34. The lowest BCUT2D eigenvalue weighted by Crippen LogP contribution is -2.35. The quantitative estimate of drug-likeness (QED) is 0.312. The predicted molar refractivity (Wildman–Crippen MR) is 155 cm³/mol. The molecule has 2 aliphatic rings. The normalized spacial score (nSPS) is 20.8. The zero-order chi connectivity index (χ0) is 25.6. The SMILES string of the molecule is CCC1CCC(C2=C(c3cc(-c4ccccc4)sc3C(=O)O)CCN(CCCc3ccccc3)C2)CC1. The molecule has 0 bridgehead atoms. The number of thiophene rings is 1. The molecule has 2 heterocycles. The van der Waals surface area contributed by atoms with Gasteiger partial charge in [0.05, 0.1) is 0 Å². The third-order valence-corrected chi connectivity index (χ3v) is 9.64. The first kappa shape index (κ1) is 25.9. The van der Waals surface area contributed by atoms with Gasteiger partial charge in [-0.15, -0.1) is 11.3 Å². The molecule has 0 unspecified atom stereocenters. The number of hydrogen-bond donors (Lipinski definition) is 1. The Bertz CT molecular complexity index is 1210. The fourth-order valence-electron chi connectivity index (χ4n) is 6.31. The number of hydrogen-bond acceptors (Lipinski definition) is 3. The van der Waals surface area contributed by atoms with Crippen molar-refractivity contribution < 1.29 is 9.90 Å². The Labute approximate surface area is 225 Å². The number of rotatable bonds is 9. The minimum atomic E-state index is -0.797. The summed E-state index contributed by atoms with van der Waals surface area (Å²) in [5.74, 6) is 0.636. The highest BCUT2D eigenvalue weighted by Gasteiger charge is 2.31. The van der Waals surface area contributed by atoms with Crippen LogP contribution >= 0.6 is 11.3 Å². The molecule has 37 heavy (non-hydrogen) atoms. The molecule has 0 amide bonds. The standard InChI is InChI=1S/C33H39NO2S/c1-2-24-15-17-26(18-16-24)30-23-34(20-9-12-25-10-5-3-6-11-25)21-19-28(30)29-22-31(37-32(29)33(35)36)27-13-7-4-8-14-27/h3-8,10-11,13-14,22,24,26H,2,9,12,15-21,23H2,1H3,(H,35,36). The molecule has 3 nitrogen and oxygen atoms in total. The maximum atomic E-state index is 12.4. The van der Waals surface area contributed by atoms with Gasteiger partial charge in [-0.05, 0) is 91.7 Å². The van der Waals surface area contributed by atoms with Gasteiger partial charge in [0, 0.05) is 23.5 Å². The molecule has 1 N–H and O–H groups in total. The van der Waals surface area contributed by atoms with E-state index in [4.69, 9.17) is 0 Å². The number of carboxylic acids is 1. The summed E-state index contributed by atoms with van der Waals surface area (Å²) in [7, 11) is 0. The number of aromatic carboxylic acids is 1. The van der Waals surface area contributed by atoms with Crippen molar-refractivity contribution in [2.24, 2.45) is 11.8 Å². The molecule has 1 aromatic heterocycles. The summed E-state index contributed by atoms with van der Waals surface area (Å²) in [6.07, 6.45) is 9.58. The molecule has 0 atom stereocenters. The molecule has 1 fully saturated rings. The van der Waals surface area contributed by atoms with Gasteiger partial charge in [-0.1, -0.05) is 74.0 Å². The molecule has 0 spiro atoms. The van der Waals surface area contributed by atoms with Crippen LogP contribution in [0.2, 0.25) is 0 Å². The van der Waals surface area contributed by atoms with Gasteiger partial charge >= 0.3 is 5.97 Å². The highest BCUT2D eigenvalue weighted by atomic mass is 32.1. The van der Waals surface area contributed by atoms with Crippen molar-refractivity contribution in [3.05, 3.63) is 88.3 Å². The molecule has 4 heteroatoms. The van der Waals surface area contributed by atoms with Crippen molar-refractivity contribution in [1.29, 1.82) is 0 Å². The van der Waals surface area contributed by atoms with Gasteiger partial charge in [-0.2, -0.15) is 0 Å². The van der Waals surface area contributed by atoms with Crippen LogP contribution in [0, 0.1) is 11.8 Å². The summed E-state index contributed by atoms with van der Waals surface area (Å²) in [4.78, 5) is 16.6. The van der Waals surface area contributed by atoms with E-state index in [-0.39, 0.29) is 0 Å². The molecular weight excluding hydrogens is 474 g/mol. The van der Waals surface area contributed by atoms with E-state index in [0.717, 1.165) is 60.8 Å². The van der Waals surface area contributed by atoms with Gasteiger partial charge in [-0.3, -0.25) is 4.90 Å². The maximum Gasteiger partial charge on any atom is 0.346 e. The largest absolute Gasteiger partial charge is 0.477 e. The Morgan fingerprint density at radius 3 is 2.38 bits per heavy atom. The van der Waals surface area contributed by atoms with Gasteiger partial charge in [-0.25, -0.2) is 4.79 Å². The third kappa shape index (κ3) is 6.25. The first-order chi connectivity index (χ1) is 18.1. The zero-order valence-corrected chi connectivity index (χ0v) is 22.8. The lowest BCUT2D eigenvalue weighted by Gasteiger charge is -2.37. The van der Waals surface area contributed by atoms with Crippen molar-refractivity contribution in [3.63, 3.8) is 0 Å². The number of nitrogens with zero attached hydrogens (tertiary/aromatic N) is 1. The summed E-state index contributed by atoms with van der Waals surface area (Å²) < 4.78 is 0. The van der Waals surface area contributed by atoms with Gasteiger partial charge in [0.15, 0.2) is 0 Å². The molecule has 0 saturated heterocycles. The molecule has 1 aliphatic carbocycles. The van der Waals surface area contributed by atoms with Gasteiger partial charge in [0.1, 0.15) is 4.88 Å². The smallest absolute Gasteiger partial charge is 0.346 e. The van der Waals surface area contributed by atoms with Crippen LogP contribution in [0.5, 0.6) is 0 Å². The summed E-state index contributed by atoms with van der Waals surface area (Å²) >= 11 is 1.43. The van der Waals surface area contributed by atoms with Crippen molar-refractivity contribution in [3.8, 4) is 10.4 Å². The third-order valence-electron chi connectivity index (χ3n) is 8.47. The van der Waals surface area contributed by atoms with Crippen molar-refractivity contribution in [1.82, 2.24) is 4.90 Å². The van der Waals surface area contributed by atoms with Crippen LogP contribution in [0.3, 0.4) is 0 Å². The van der Waals surface area contributed by atoms with E-state index in [0.29, 0.717) is 10.8 Å². The number of carboxylic acid groups (broad SMARTS) is 1. The molecule has 5 rings (SSSR count).